The minimum atomic E-state index is -4.71. The number of quaternary nitrogens is 1. The van der Waals surface area contributed by atoms with Crippen LogP contribution in [0.25, 0.3) is 0 Å². The van der Waals surface area contributed by atoms with E-state index in [9.17, 15) is 19.0 Å². The number of allylic oxidation sites excluding steroid dienone is 9. The average molecular weight is 1100 g/mol. The Morgan fingerprint density at radius 2 is 0.792 bits per heavy atom. The third kappa shape index (κ3) is 58.2. The monoisotopic (exact) mass is 1100 g/mol. The lowest BCUT2D eigenvalue weighted by Crippen LogP contribution is -2.47. The van der Waals surface area contributed by atoms with E-state index in [4.69, 9.17) is 13.8 Å². The van der Waals surface area contributed by atoms with Crippen LogP contribution in [0.1, 0.15) is 303 Å². The molecule has 10 heteroatoms. The van der Waals surface area contributed by atoms with E-state index in [1.54, 1.807) is 0 Å². The molecule has 3 unspecified atom stereocenters. The zero-order valence-corrected chi connectivity index (χ0v) is 52.3. The molecule has 0 heterocycles. The summed E-state index contributed by atoms with van der Waals surface area (Å²) in [5.41, 5.74) is 0. The van der Waals surface area contributed by atoms with E-state index in [1.165, 1.54) is 186 Å². The van der Waals surface area contributed by atoms with Gasteiger partial charge in [0.2, 0.25) is 5.91 Å². The van der Waals surface area contributed by atoms with Gasteiger partial charge in [0.25, 0.3) is 7.82 Å². The molecule has 0 fully saturated rings. The molecule has 0 aliphatic heterocycles. The van der Waals surface area contributed by atoms with Crippen LogP contribution in [0.5, 0.6) is 0 Å². The van der Waals surface area contributed by atoms with Gasteiger partial charge in [-0.3, -0.25) is 14.2 Å². The lowest BCUT2D eigenvalue weighted by atomic mass is 10.0. The number of nitrogens with zero attached hydrogens (tertiary/aromatic N) is 1. The van der Waals surface area contributed by atoms with Gasteiger partial charge < -0.3 is 28.5 Å². The van der Waals surface area contributed by atoms with Crippen LogP contribution in [-0.2, 0) is 27.9 Å². The highest BCUT2D eigenvalue weighted by Gasteiger charge is 2.27. The predicted octanol–water partition coefficient (Wildman–Crippen LogP) is 19.6. The Bertz CT molecular complexity index is 1500. The van der Waals surface area contributed by atoms with Gasteiger partial charge in [-0.15, -0.1) is 0 Å². The Morgan fingerprint density at radius 3 is 1.22 bits per heavy atom. The van der Waals surface area contributed by atoms with Gasteiger partial charge in [-0.25, -0.2) is 0 Å². The van der Waals surface area contributed by atoms with Crippen molar-refractivity contribution in [2.75, 3.05) is 40.9 Å². The highest BCUT2D eigenvalue weighted by atomic mass is 31.2. The Hall–Kier alpha value is -2.29. The van der Waals surface area contributed by atoms with Gasteiger partial charge in [0.15, 0.2) is 0 Å². The van der Waals surface area contributed by atoms with E-state index in [-0.39, 0.29) is 31.3 Å². The van der Waals surface area contributed by atoms with Gasteiger partial charge in [0, 0.05) is 12.8 Å². The number of hydrogen-bond acceptors (Lipinski definition) is 7. The van der Waals surface area contributed by atoms with Gasteiger partial charge in [0.1, 0.15) is 19.3 Å². The van der Waals surface area contributed by atoms with E-state index in [2.05, 4.69) is 74.7 Å². The fraction of sp³-hybridized carbons (Fsp3) is 0.821. The maximum Gasteiger partial charge on any atom is 0.306 e. The maximum atomic E-state index is 13.5. The normalized spacial score (nSPS) is 14.0. The lowest BCUT2D eigenvalue weighted by Gasteiger charge is -2.30. The molecule has 1 N–H and O–H groups in total. The second-order valence-electron chi connectivity index (χ2n) is 23.3. The molecule has 0 aromatic carbocycles. The third-order valence-corrected chi connectivity index (χ3v) is 15.4. The van der Waals surface area contributed by atoms with Gasteiger partial charge >= 0.3 is 5.97 Å². The maximum absolute atomic E-state index is 13.5. The zero-order valence-electron chi connectivity index (χ0n) is 51.4. The Morgan fingerprint density at radius 1 is 0.455 bits per heavy atom. The number of carbonyl (C=O) groups excluding carboxylic acids is 2. The summed E-state index contributed by atoms with van der Waals surface area (Å²) < 4.78 is 30.4. The van der Waals surface area contributed by atoms with Crippen molar-refractivity contribution >= 4 is 19.7 Å². The molecule has 0 aromatic rings. The van der Waals surface area contributed by atoms with Crippen molar-refractivity contribution in [1.82, 2.24) is 5.32 Å². The second kappa shape index (κ2) is 57.0. The van der Waals surface area contributed by atoms with Gasteiger partial charge in [-0.1, -0.05) is 275 Å². The lowest BCUT2D eigenvalue weighted by molar-refractivity contribution is -0.870. The standard InChI is InChI=1S/C67H125N2O7P/c1-7-10-13-16-19-22-25-28-30-32-34-36-38-41-44-47-50-53-56-59-66(70)68-64(63-75-77(72,73)74-62-61-69(4,5)6)65(58-55-52-49-46-43-40-27-24-21-18-15-12-9-3)76-67(71)60-57-54-51-48-45-42-39-37-35-33-31-29-26-23-20-17-14-11-8-2/h19,22,28,30,34,36,41,44,55,58,64-65H,7-18,20-21,23-27,29,31-33,35,37-40,42-43,45-54,56-57,59-63H2,1-6H3,(H-,68,70,72,73)/b22-19-,30-28-,36-34-,44-41-,58-55+. The Balaban J connectivity index is 5.29. The number of likely N-dealkylation sites (N-methyl/N-ethyl adjacent to an activating group) is 1. The smallest absolute Gasteiger partial charge is 0.306 e. The molecule has 0 aliphatic rings. The molecule has 0 aliphatic carbocycles. The van der Waals surface area contributed by atoms with Crippen LogP contribution in [0.2, 0.25) is 0 Å². The number of unbranched alkanes of at least 4 members (excludes halogenated alkanes) is 35. The van der Waals surface area contributed by atoms with E-state index in [0.29, 0.717) is 17.4 Å². The van der Waals surface area contributed by atoms with E-state index >= 15 is 0 Å². The van der Waals surface area contributed by atoms with E-state index in [0.717, 1.165) is 77.0 Å². The summed E-state index contributed by atoms with van der Waals surface area (Å²) >= 11 is 0. The minimum absolute atomic E-state index is 0.0287. The van der Waals surface area contributed by atoms with Crippen LogP contribution in [0, 0.1) is 0 Å². The van der Waals surface area contributed by atoms with E-state index < -0.39 is 26.6 Å². The second-order valence-corrected chi connectivity index (χ2v) is 24.7. The number of carbonyl (C=O) groups is 2. The van der Waals surface area contributed by atoms with Crippen LogP contribution in [0.3, 0.4) is 0 Å². The Labute approximate surface area is 477 Å². The van der Waals surface area contributed by atoms with Crippen molar-refractivity contribution in [1.29, 1.82) is 0 Å². The highest BCUT2D eigenvalue weighted by Crippen LogP contribution is 2.38. The van der Waals surface area contributed by atoms with Crippen molar-refractivity contribution in [3.05, 3.63) is 60.8 Å². The molecule has 450 valence electrons. The van der Waals surface area contributed by atoms with Crippen molar-refractivity contribution in [2.24, 2.45) is 0 Å². The summed E-state index contributed by atoms with van der Waals surface area (Å²) in [6.45, 7) is 6.82. The first kappa shape index (κ1) is 74.7. The summed E-state index contributed by atoms with van der Waals surface area (Å²) in [5.74, 6) is -0.566. The molecule has 0 radical (unpaired) electrons. The average Bonchev–Trinajstić information content (AvgIpc) is 3.39. The number of phosphoric acid groups is 1. The molecule has 0 saturated heterocycles. The number of rotatable bonds is 59. The fourth-order valence-electron chi connectivity index (χ4n) is 9.39. The minimum Gasteiger partial charge on any atom is -0.756 e. The van der Waals surface area contributed by atoms with Gasteiger partial charge in [-0.05, 0) is 76.7 Å². The first-order valence-corrected chi connectivity index (χ1v) is 34.1. The zero-order chi connectivity index (χ0) is 56.4. The van der Waals surface area contributed by atoms with Crippen molar-refractivity contribution in [2.45, 2.75) is 315 Å². The molecule has 0 spiro atoms. The summed E-state index contributed by atoms with van der Waals surface area (Å²) in [5, 5.41) is 3.02. The van der Waals surface area contributed by atoms with Gasteiger partial charge in [-0.2, -0.15) is 0 Å². The third-order valence-electron chi connectivity index (χ3n) is 14.5. The van der Waals surface area contributed by atoms with Crippen LogP contribution in [0.15, 0.2) is 60.8 Å². The molecular formula is C67H125N2O7P. The number of phosphoric ester groups is 1. The fourth-order valence-corrected chi connectivity index (χ4v) is 10.1. The van der Waals surface area contributed by atoms with Crippen molar-refractivity contribution < 1.29 is 37.3 Å². The molecule has 0 rings (SSSR count). The van der Waals surface area contributed by atoms with E-state index in [1.807, 2.05) is 33.3 Å². The summed E-state index contributed by atoms with van der Waals surface area (Å²) in [7, 11) is 1.17. The first-order valence-electron chi connectivity index (χ1n) is 32.6. The quantitative estimate of drug-likeness (QED) is 0.0212. The summed E-state index contributed by atoms with van der Waals surface area (Å²) in [6, 6.07) is -0.905. The summed E-state index contributed by atoms with van der Waals surface area (Å²) in [4.78, 5) is 40.1. The Kier molecular flexibility index (Phi) is 55.3. The highest BCUT2D eigenvalue weighted by molar-refractivity contribution is 7.45. The number of amides is 1. The molecular weight excluding hydrogens is 976 g/mol. The van der Waals surface area contributed by atoms with Crippen molar-refractivity contribution in [3.63, 3.8) is 0 Å². The van der Waals surface area contributed by atoms with Crippen LogP contribution >= 0.6 is 7.82 Å². The van der Waals surface area contributed by atoms with Crippen LogP contribution in [-0.4, -0.2) is 69.4 Å². The summed E-state index contributed by atoms with van der Waals surface area (Å²) in [6.07, 6.45) is 71.9. The predicted molar refractivity (Wildman–Crippen MR) is 330 cm³/mol. The number of nitrogens with one attached hydrogen (secondary N) is 1. The first-order chi connectivity index (χ1) is 37.4. The molecule has 3 atom stereocenters. The number of ether oxygens (including phenoxy) is 1. The molecule has 0 saturated carbocycles. The molecule has 0 aromatic heterocycles. The van der Waals surface area contributed by atoms with Crippen LogP contribution < -0.4 is 10.2 Å². The van der Waals surface area contributed by atoms with Gasteiger partial charge in [0.05, 0.1) is 33.8 Å². The largest absolute Gasteiger partial charge is 0.756 e. The van der Waals surface area contributed by atoms with Crippen LogP contribution in [0.4, 0.5) is 0 Å². The molecule has 9 nitrogen and oxygen atoms in total. The molecule has 77 heavy (non-hydrogen) atoms. The molecule has 1 amide bonds. The van der Waals surface area contributed by atoms with Crippen molar-refractivity contribution in [3.8, 4) is 0 Å². The molecule has 0 bridgehead atoms. The SMILES string of the molecule is CCCCC/C=C\C/C=C\C/C=C\C/C=C\CCCCCC(=O)NC(COP(=O)([O-])OCC[N+](C)(C)C)C(/C=C/CCCCCCCCCCCCC)OC(=O)CCCCCCCCCCCCCCCCCCCCC. The number of esters is 1. The number of hydrogen-bond donors (Lipinski definition) is 1. The topological polar surface area (TPSA) is 114 Å².